The second-order valence-electron chi connectivity index (χ2n) is 3.25. The third-order valence-electron chi connectivity index (χ3n) is 1.96. The summed E-state index contributed by atoms with van der Waals surface area (Å²) >= 11 is 2.91. The summed E-state index contributed by atoms with van der Waals surface area (Å²) in [5.41, 5.74) is -0.673. The lowest BCUT2D eigenvalue weighted by Gasteiger charge is -2.11. The Bertz CT molecular complexity index is 421. The molecule has 0 atom stereocenters. The number of halogens is 4. The molecule has 0 N–H and O–H groups in total. The Morgan fingerprint density at radius 2 is 2.12 bits per heavy atom. The average Bonchev–Trinajstić information content (AvgIpc) is 2.28. The monoisotopic (exact) mass is 310 g/mol. The number of alkyl halides is 2. The van der Waals surface area contributed by atoms with Gasteiger partial charge in [0.1, 0.15) is 11.6 Å². The number of hydrogen-bond acceptors (Lipinski definition) is 2. The standard InChI is InChI=1S/C11H10BrF3O2/c1-2-5-17-7-4-3-6(13)8(9(7)12)10(16)11(14)15/h3-4,11H,2,5H2,1H3. The number of rotatable bonds is 5. The molecule has 0 radical (unpaired) electrons. The predicted molar refractivity (Wildman–Crippen MR) is 60.2 cm³/mol. The fourth-order valence-electron chi connectivity index (χ4n) is 1.19. The maximum Gasteiger partial charge on any atom is 0.300 e. The Hall–Kier alpha value is -1.04. The molecular formula is C11H10BrF3O2. The zero-order valence-electron chi connectivity index (χ0n) is 8.97. The lowest BCUT2D eigenvalue weighted by atomic mass is 10.1. The van der Waals surface area contributed by atoms with Crippen LogP contribution < -0.4 is 4.74 Å². The molecule has 0 heterocycles. The first-order valence-corrected chi connectivity index (χ1v) is 5.71. The molecule has 0 spiro atoms. The van der Waals surface area contributed by atoms with Crippen LogP contribution in [0.15, 0.2) is 16.6 Å². The van der Waals surface area contributed by atoms with Crippen molar-refractivity contribution >= 4 is 21.7 Å². The summed E-state index contributed by atoms with van der Waals surface area (Å²) in [6, 6.07) is 2.22. The van der Waals surface area contributed by atoms with E-state index in [1.807, 2.05) is 6.92 Å². The van der Waals surface area contributed by atoms with Gasteiger partial charge in [-0.25, -0.2) is 13.2 Å². The highest BCUT2D eigenvalue weighted by Gasteiger charge is 2.26. The number of carbonyl (C=O) groups excluding carboxylic acids is 1. The molecule has 17 heavy (non-hydrogen) atoms. The Morgan fingerprint density at radius 3 is 2.65 bits per heavy atom. The van der Waals surface area contributed by atoms with Crippen LogP contribution in [0.25, 0.3) is 0 Å². The van der Waals surface area contributed by atoms with Gasteiger partial charge in [0.2, 0.25) is 5.78 Å². The van der Waals surface area contributed by atoms with Crippen LogP contribution in [0.1, 0.15) is 23.7 Å². The molecule has 0 aliphatic rings. The molecule has 0 aliphatic carbocycles. The van der Waals surface area contributed by atoms with E-state index in [0.29, 0.717) is 13.0 Å². The summed E-state index contributed by atoms with van der Waals surface area (Å²) in [5, 5.41) is 0. The van der Waals surface area contributed by atoms with E-state index < -0.39 is 23.6 Å². The van der Waals surface area contributed by atoms with Crippen LogP contribution in [0.5, 0.6) is 5.75 Å². The van der Waals surface area contributed by atoms with Crippen LogP contribution in [-0.2, 0) is 0 Å². The predicted octanol–water partition coefficient (Wildman–Crippen LogP) is 3.82. The quantitative estimate of drug-likeness (QED) is 0.773. The third-order valence-corrected chi connectivity index (χ3v) is 2.75. The van der Waals surface area contributed by atoms with Gasteiger partial charge < -0.3 is 4.74 Å². The molecule has 6 heteroatoms. The van der Waals surface area contributed by atoms with E-state index >= 15 is 0 Å². The van der Waals surface area contributed by atoms with Gasteiger partial charge in [0, 0.05) is 0 Å². The van der Waals surface area contributed by atoms with Crippen molar-refractivity contribution in [1.29, 1.82) is 0 Å². The Balaban J connectivity index is 3.15. The van der Waals surface area contributed by atoms with E-state index in [1.165, 1.54) is 6.07 Å². The molecule has 1 aromatic rings. The van der Waals surface area contributed by atoms with Gasteiger partial charge in [0.15, 0.2) is 0 Å². The van der Waals surface area contributed by atoms with Crippen molar-refractivity contribution in [3.8, 4) is 5.75 Å². The minimum Gasteiger partial charge on any atom is -0.492 e. The maximum absolute atomic E-state index is 13.3. The minimum atomic E-state index is -3.25. The van der Waals surface area contributed by atoms with Crippen LogP contribution in [0.3, 0.4) is 0 Å². The lowest BCUT2D eigenvalue weighted by molar-refractivity contribution is 0.0672. The normalized spacial score (nSPS) is 10.7. The van der Waals surface area contributed by atoms with E-state index in [-0.39, 0.29) is 10.2 Å². The highest BCUT2D eigenvalue weighted by atomic mass is 79.9. The number of benzene rings is 1. The molecule has 0 bridgehead atoms. The summed E-state index contributed by atoms with van der Waals surface area (Å²) in [5.74, 6) is -2.38. The molecule has 0 aliphatic heterocycles. The van der Waals surface area contributed by atoms with Crippen LogP contribution in [0.2, 0.25) is 0 Å². The summed E-state index contributed by atoms with van der Waals surface area (Å²) in [7, 11) is 0. The zero-order chi connectivity index (χ0) is 13.0. The van der Waals surface area contributed by atoms with E-state index in [4.69, 9.17) is 4.74 Å². The van der Waals surface area contributed by atoms with Crippen LogP contribution in [0.4, 0.5) is 13.2 Å². The fraction of sp³-hybridized carbons (Fsp3) is 0.364. The van der Waals surface area contributed by atoms with Gasteiger partial charge in [-0.05, 0) is 34.5 Å². The first-order chi connectivity index (χ1) is 7.99. The second-order valence-corrected chi connectivity index (χ2v) is 4.04. The number of hydrogen-bond donors (Lipinski definition) is 0. The Morgan fingerprint density at radius 1 is 1.47 bits per heavy atom. The molecule has 0 saturated carbocycles. The van der Waals surface area contributed by atoms with Crippen molar-refractivity contribution < 1.29 is 22.7 Å². The second kappa shape index (κ2) is 6.05. The number of ketones is 1. The summed E-state index contributed by atoms with van der Waals surface area (Å²) < 4.78 is 43.0. The molecule has 0 amide bonds. The van der Waals surface area contributed by atoms with Crippen LogP contribution in [0, 0.1) is 5.82 Å². The van der Waals surface area contributed by atoms with Gasteiger partial charge >= 0.3 is 6.43 Å². The van der Waals surface area contributed by atoms with E-state index in [1.54, 1.807) is 0 Å². The van der Waals surface area contributed by atoms with E-state index in [9.17, 15) is 18.0 Å². The average molecular weight is 311 g/mol. The van der Waals surface area contributed by atoms with Crippen molar-refractivity contribution in [1.82, 2.24) is 0 Å². The molecule has 2 nitrogen and oxygen atoms in total. The molecule has 0 aromatic heterocycles. The molecule has 94 valence electrons. The van der Waals surface area contributed by atoms with Gasteiger partial charge in [-0.3, -0.25) is 4.79 Å². The molecule has 0 fully saturated rings. The van der Waals surface area contributed by atoms with Crippen LogP contribution >= 0.6 is 15.9 Å². The molecule has 0 unspecified atom stereocenters. The van der Waals surface area contributed by atoms with Gasteiger partial charge in [0.25, 0.3) is 0 Å². The van der Waals surface area contributed by atoms with Gasteiger partial charge in [-0.2, -0.15) is 0 Å². The van der Waals surface area contributed by atoms with E-state index in [2.05, 4.69) is 15.9 Å². The largest absolute Gasteiger partial charge is 0.492 e. The first kappa shape index (κ1) is 14.0. The topological polar surface area (TPSA) is 26.3 Å². The fourth-order valence-corrected chi connectivity index (χ4v) is 1.82. The van der Waals surface area contributed by atoms with Gasteiger partial charge in [-0.15, -0.1) is 0 Å². The summed E-state index contributed by atoms with van der Waals surface area (Å²) in [4.78, 5) is 11.1. The summed E-state index contributed by atoms with van der Waals surface area (Å²) in [6.45, 7) is 2.22. The third kappa shape index (κ3) is 3.21. The molecule has 0 saturated heterocycles. The molecule has 1 rings (SSSR count). The molecular weight excluding hydrogens is 301 g/mol. The summed E-state index contributed by atoms with van der Waals surface area (Å²) in [6.07, 6.45) is -2.54. The highest BCUT2D eigenvalue weighted by Crippen LogP contribution is 2.32. The van der Waals surface area contributed by atoms with Crippen molar-refractivity contribution in [2.45, 2.75) is 19.8 Å². The smallest absolute Gasteiger partial charge is 0.300 e. The Labute approximate surface area is 105 Å². The van der Waals surface area contributed by atoms with Crippen LogP contribution in [-0.4, -0.2) is 18.8 Å². The Kier molecular flexibility index (Phi) is 4.99. The molecule has 1 aromatic carbocycles. The van der Waals surface area contributed by atoms with Crippen molar-refractivity contribution in [2.75, 3.05) is 6.61 Å². The van der Waals surface area contributed by atoms with Crippen molar-refractivity contribution in [3.63, 3.8) is 0 Å². The highest BCUT2D eigenvalue weighted by molar-refractivity contribution is 9.10. The van der Waals surface area contributed by atoms with Gasteiger partial charge in [-0.1, -0.05) is 6.92 Å². The number of carbonyl (C=O) groups is 1. The van der Waals surface area contributed by atoms with Gasteiger partial charge in [0.05, 0.1) is 16.6 Å². The zero-order valence-corrected chi connectivity index (χ0v) is 10.6. The van der Waals surface area contributed by atoms with E-state index in [0.717, 1.165) is 6.07 Å². The first-order valence-electron chi connectivity index (χ1n) is 4.92. The van der Waals surface area contributed by atoms with Crippen molar-refractivity contribution in [2.24, 2.45) is 0 Å². The number of ether oxygens (including phenoxy) is 1. The number of Topliss-reactive ketones (excluding diaryl/α,β-unsaturated/α-hetero) is 1. The minimum absolute atomic E-state index is 0.0729. The SMILES string of the molecule is CCCOc1ccc(F)c(C(=O)C(F)F)c1Br. The maximum atomic E-state index is 13.3. The lowest BCUT2D eigenvalue weighted by Crippen LogP contribution is -2.14. The van der Waals surface area contributed by atoms with Crippen molar-refractivity contribution in [3.05, 3.63) is 28.0 Å².